The topological polar surface area (TPSA) is 80.9 Å². The summed E-state index contributed by atoms with van der Waals surface area (Å²) >= 11 is 0. The van der Waals surface area contributed by atoms with E-state index in [1.165, 1.54) is 11.6 Å². The van der Waals surface area contributed by atoms with Crippen molar-refractivity contribution in [3.63, 3.8) is 0 Å². The maximum absolute atomic E-state index is 13.1. The fourth-order valence-electron chi connectivity index (χ4n) is 3.31. The molecule has 1 aromatic heterocycles. The molecule has 28 heavy (non-hydrogen) atoms. The number of nitrogens with zero attached hydrogens (tertiary/aromatic N) is 2. The van der Waals surface area contributed by atoms with Gasteiger partial charge < -0.3 is 23.2 Å². The summed E-state index contributed by atoms with van der Waals surface area (Å²) in [6, 6.07) is 0. The van der Waals surface area contributed by atoms with Gasteiger partial charge in [-0.05, 0) is 55.4 Å². The van der Waals surface area contributed by atoms with Gasteiger partial charge in [0, 0.05) is 14.1 Å². The lowest BCUT2D eigenvalue weighted by Crippen LogP contribution is -2.67. The highest BCUT2D eigenvalue weighted by Crippen LogP contribution is 2.38. The van der Waals surface area contributed by atoms with Crippen LogP contribution in [-0.4, -0.2) is 45.8 Å². The van der Waals surface area contributed by atoms with Crippen LogP contribution in [0.1, 0.15) is 55.4 Å². The Morgan fingerprint density at radius 3 is 1.39 bits per heavy atom. The zero-order valence-corrected chi connectivity index (χ0v) is 18.5. The quantitative estimate of drug-likeness (QED) is 0.643. The Morgan fingerprint density at radius 2 is 1.00 bits per heavy atom. The minimum absolute atomic E-state index is 0.224. The summed E-state index contributed by atoms with van der Waals surface area (Å²) in [6.45, 7) is 15.3. The average Bonchev–Trinajstić information content (AvgIpc) is 2.87. The Bertz CT molecular complexity index is 899. The molecule has 0 aromatic carbocycles. The van der Waals surface area contributed by atoms with Crippen molar-refractivity contribution in [3.8, 4) is 0 Å². The van der Waals surface area contributed by atoms with Crippen molar-refractivity contribution in [2.24, 2.45) is 14.1 Å². The predicted octanol–water partition coefficient (Wildman–Crippen LogP) is -0.318. The molecule has 0 saturated carbocycles. The van der Waals surface area contributed by atoms with Crippen molar-refractivity contribution in [3.05, 3.63) is 20.8 Å². The first kappa shape index (κ1) is 21.4. The number of hydrogen-bond donors (Lipinski definition) is 0. The third-order valence-corrected chi connectivity index (χ3v) is 6.71. The summed E-state index contributed by atoms with van der Waals surface area (Å²) in [6.07, 6.45) is 0. The number of rotatable bonds is 2. The lowest BCUT2D eigenvalue weighted by Gasteiger charge is -2.32. The largest absolute Gasteiger partial charge is 0.512 e. The molecule has 2 fully saturated rings. The van der Waals surface area contributed by atoms with Crippen molar-refractivity contribution in [2.45, 2.75) is 77.8 Å². The molecular weight excluding hydrogens is 362 g/mol. The van der Waals surface area contributed by atoms with Gasteiger partial charge in [0.05, 0.1) is 33.5 Å². The van der Waals surface area contributed by atoms with Crippen LogP contribution in [0.3, 0.4) is 0 Å². The third kappa shape index (κ3) is 2.93. The fraction of sp³-hybridized carbons (Fsp3) is 0.778. The third-order valence-electron chi connectivity index (χ3n) is 6.71. The van der Waals surface area contributed by atoms with Gasteiger partial charge in [-0.2, -0.15) is 0 Å². The van der Waals surface area contributed by atoms with Crippen molar-refractivity contribution in [2.75, 3.05) is 0 Å². The standard InChI is InChI=1S/C18H30B2N2O6/c1-15(2)16(3,4)26-19(25-15)11-12(21(9)14(24)22(10)13(11)23)20-27-17(5,6)18(7,8)28-20/h1-10H3. The van der Waals surface area contributed by atoms with Crippen molar-refractivity contribution >= 4 is 25.3 Å². The summed E-state index contributed by atoms with van der Waals surface area (Å²) in [5.74, 6) is 0. The Labute approximate surface area is 166 Å². The minimum Gasteiger partial charge on any atom is -0.399 e. The second-order valence-corrected chi connectivity index (χ2v) is 9.68. The highest BCUT2D eigenvalue weighted by molar-refractivity contribution is 6.73. The molecule has 3 heterocycles. The fourth-order valence-corrected chi connectivity index (χ4v) is 3.31. The molecule has 0 aliphatic carbocycles. The zero-order valence-electron chi connectivity index (χ0n) is 18.5. The molecule has 0 amide bonds. The van der Waals surface area contributed by atoms with Crippen LogP contribution in [0.4, 0.5) is 0 Å². The van der Waals surface area contributed by atoms with Gasteiger partial charge in [-0.15, -0.1) is 0 Å². The molecule has 0 atom stereocenters. The molecule has 0 spiro atoms. The Hall–Kier alpha value is -1.35. The van der Waals surface area contributed by atoms with Crippen LogP contribution in [0.25, 0.3) is 0 Å². The normalized spacial score (nSPS) is 24.8. The van der Waals surface area contributed by atoms with Crippen LogP contribution in [0.15, 0.2) is 9.59 Å². The van der Waals surface area contributed by atoms with Crippen molar-refractivity contribution < 1.29 is 18.6 Å². The van der Waals surface area contributed by atoms with E-state index >= 15 is 0 Å². The van der Waals surface area contributed by atoms with Crippen LogP contribution < -0.4 is 22.3 Å². The Kier molecular flexibility index (Phi) is 4.63. The smallest absolute Gasteiger partial charge is 0.399 e. The highest BCUT2D eigenvalue weighted by atomic mass is 16.7. The molecular formula is C18H30B2N2O6. The molecule has 1 aromatic rings. The van der Waals surface area contributed by atoms with Gasteiger partial charge in [0.1, 0.15) is 0 Å². The lowest BCUT2D eigenvalue weighted by atomic mass is 9.68. The molecule has 10 heteroatoms. The molecule has 0 unspecified atom stereocenters. The molecule has 0 bridgehead atoms. The average molecular weight is 392 g/mol. The van der Waals surface area contributed by atoms with Gasteiger partial charge in [0.15, 0.2) is 0 Å². The van der Waals surface area contributed by atoms with E-state index in [-0.39, 0.29) is 5.46 Å². The van der Waals surface area contributed by atoms with Crippen LogP contribution >= 0.6 is 0 Å². The van der Waals surface area contributed by atoms with E-state index in [9.17, 15) is 9.59 Å². The van der Waals surface area contributed by atoms with Gasteiger partial charge in [-0.3, -0.25) is 9.36 Å². The predicted molar refractivity (Wildman–Crippen MR) is 108 cm³/mol. The van der Waals surface area contributed by atoms with Crippen LogP contribution in [0.5, 0.6) is 0 Å². The van der Waals surface area contributed by atoms with Gasteiger partial charge in [0.25, 0.3) is 5.56 Å². The molecule has 0 N–H and O–H groups in total. The summed E-state index contributed by atoms with van der Waals surface area (Å²) in [7, 11) is 1.19. The van der Waals surface area contributed by atoms with E-state index in [1.54, 1.807) is 7.05 Å². The highest BCUT2D eigenvalue weighted by Gasteiger charge is 2.58. The van der Waals surface area contributed by atoms with Gasteiger partial charge >= 0.3 is 19.9 Å². The first-order chi connectivity index (χ1) is 12.5. The van der Waals surface area contributed by atoms with Crippen LogP contribution in [-0.2, 0) is 32.7 Å². The molecule has 154 valence electrons. The second kappa shape index (κ2) is 6.08. The van der Waals surface area contributed by atoms with E-state index in [1.807, 2.05) is 55.4 Å². The van der Waals surface area contributed by atoms with E-state index in [2.05, 4.69) is 0 Å². The summed E-state index contributed by atoms with van der Waals surface area (Å²) < 4.78 is 27.0. The monoisotopic (exact) mass is 392 g/mol. The first-order valence-electron chi connectivity index (χ1n) is 9.53. The maximum atomic E-state index is 13.1. The minimum atomic E-state index is -0.940. The van der Waals surface area contributed by atoms with E-state index in [0.717, 1.165) is 4.57 Å². The molecule has 0 radical (unpaired) electrons. The van der Waals surface area contributed by atoms with E-state index in [4.69, 9.17) is 18.6 Å². The SMILES string of the molecule is Cn1c(B2OC(C)(C)C(C)(C)O2)c(B2OC(C)(C)C(C)(C)O2)c(=O)n(C)c1=O. The van der Waals surface area contributed by atoms with E-state index < -0.39 is 47.9 Å². The van der Waals surface area contributed by atoms with Crippen LogP contribution in [0.2, 0.25) is 0 Å². The molecule has 2 aliphatic rings. The molecule has 3 rings (SSSR count). The van der Waals surface area contributed by atoms with Crippen molar-refractivity contribution in [1.82, 2.24) is 9.13 Å². The summed E-state index contributed by atoms with van der Waals surface area (Å²) in [5, 5.41) is 0. The van der Waals surface area contributed by atoms with E-state index in [0.29, 0.717) is 5.59 Å². The van der Waals surface area contributed by atoms with Crippen molar-refractivity contribution in [1.29, 1.82) is 0 Å². The maximum Gasteiger partial charge on any atom is 0.512 e. The zero-order chi connectivity index (χ0) is 21.4. The Balaban J connectivity index is 2.22. The lowest BCUT2D eigenvalue weighted by molar-refractivity contribution is 0.00578. The number of aromatic nitrogens is 2. The van der Waals surface area contributed by atoms with Gasteiger partial charge in [-0.25, -0.2) is 4.79 Å². The molecule has 8 nitrogen and oxygen atoms in total. The second-order valence-electron chi connectivity index (χ2n) is 9.68. The summed E-state index contributed by atoms with van der Waals surface area (Å²) in [4.78, 5) is 25.8. The van der Waals surface area contributed by atoms with Crippen LogP contribution in [0, 0.1) is 0 Å². The number of hydrogen-bond acceptors (Lipinski definition) is 6. The first-order valence-corrected chi connectivity index (χ1v) is 9.53. The van der Waals surface area contributed by atoms with Gasteiger partial charge in [0.2, 0.25) is 0 Å². The van der Waals surface area contributed by atoms with Gasteiger partial charge in [-0.1, -0.05) is 0 Å². The summed E-state index contributed by atoms with van der Waals surface area (Å²) in [5.41, 5.74) is -2.91. The Morgan fingerprint density at radius 1 is 0.643 bits per heavy atom. The molecule has 2 saturated heterocycles. The molecule has 2 aliphatic heterocycles.